The quantitative estimate of drug-likeness (QED) is 0.835. The number of hydrogen-bond acceptors (Lipinski definition) is 7. The van der Waals surface area contributed by atoms with Crippen molar-refractivity contribution < 1.29 is 14.2 Å². The number of amides is 2. The number of aromatic nitrogens is 2. The van der Waals surface area contributed by atoms with Crippen LogP contribution in [0, 0.1) is 12.3 Å². The topological polar surface area (TPSA) is 91.6 Å². The Morgan fingerprint density at radius 1 is 1.36 bits per heavy atom. The second kappa shape index (κ2) is 7.63. The lowest BCUT2D eigenvalue weighted by atomic mass is 9.67. The van der Waals surface area contributed by atoms with Crippen molar-refractivity contribution in [3.05, 3.63) is 33.8 Å². The van der Waals surface area contributed by atoms with Crippen LogP contribution in [0.1, 0.15) is 40.3 Å². The van der Waals surface area contributed by atoms with Crippen molar-refractivity contribution in [2.75, 3.05) is 26.7 Å². The first-order valence-electron chi connectivity index (χ1n) is 9.60. The molecule has 2 fully saturated rings. The smallest absolute Gasteiger partial charge is 0.264 e. The number of likely N-dealkylation sites (tertiary alicyclic amines) is 2. The van der Waals surface area contributed by atoms with Crippen LogP contribution in [0.2, 0.25) is 0 Å². The zero-order chi connectivity index (χ0) is 19.7. The summed E-state index contributed by atoms with van der Waals surface area (Å²) in [6.45, 7) is 4.33. The molecule has 8 nitrogen and oxygen atoms in total. The highest BCUT2D eigenvalue weighted by atomic mass is 32.1. The Bertz CT molecular complexity index is 852. The Morgan fingerprint density at radius 3 is 2.93 bits per heavy atom. The van der Waals surface area contributed by atoms with E-state index in [0.717, 1.165) is 30.7 Å². The average Bonchev–Trinajstić information content (AvgIpc) is 3.37. The number of nitrogens with zero attached hydrogens (tertiary/aromatic N) is 4. The number of piperidine rings is 2. The van der Waals surface area contributed by atoms with Crippen LogP contribution in [0.4, 0.5) is 0 Å². The number of carbonyl (C=O) groups is 2. The fourth-order valence-corrected chi connectivity index (χ4v) is 5.12. The number of aryl methyl sites for hydroxylation is 1. The van der Waals surface area contributed by atoms with Gasteiger partial charge in [-0.25, -0.2) is 4.63 Å². The zero-order valence-corrected chi connectivity index (χ0v) is 17.0. The van der Waals surface area contributed by atoms with Gasteiger partial charge in [0.25, 0.3) is 5.91 Å². The maximum absolute atomic E-state index is 13.4. The number of nitrogens with one attached hydrogen (secondary N) is 1. The van der Waals surface area contributed by atoms with Crippen LogP contribution in [0.3, 0.4) is 0 Å². The maximum atomic E-state index is 13.4. The Labute approximate surface area is 167 Å². The lowest BCUT2D eigenvalue weighted by Gasteiger charge is -2.53. The van der Waals surface area contributed by atoms with Crippen molar-refractivity contribution in [1.82, 2.24) is 25.4 Å². The third-order valence-electron chi connectivity index (χ3n) is 6.07. The van der Waals surface area contributed by atoms with E-state index >= 15 is 0 Å². The standard InChI is InChI=1S/C19H25N5O3S/c1-13-14(22-27-21-13)11-20-18(26)19-6-4-8-24(16(19)12-23(2)9-7-19)17(25)15-5-3-10-28-15/h3,5,10,16H,4,6-9,11-12H2,1-2H3,(H,20,26)/t16-,19+/m0/s1. The molecule has 0 saturated carbocycles. The van der Waals surface area contributed by atoms with Gasteiger partial charge in [0.15, 0.2) is 0 Å². The molecule has 0 aliphatic carbocycles. The van der Waals surface area contributed by atoms with Gasteiger partial charge in [-0.05, 0) is 51.2 Å². The van der Waals surface area contributed by atoms with Gasteiger partial charge in [-0.3, -0.25) is 9.59 Å². The summed E-state index contributed by atoms with van der Waals surface area (Å²) in [5, 5.41) is 12.6. The van der Waals surface area contributed by atoms with Gasteiger partial charge in [0.2, 0.25) is 5.91 Å². The second-order valence-electron chi connectivity index (χ2n) is 7.74. The number of carbonyl (C=O) groups excluding carboxylic acids is 2. The molecule has 28 heavy (non-hydrogen) atoms. The molecule has 2 atom stereocenters. The lowest BCUT2D eigenvalue weighted by molar-refractivity contribution is -0.142. The van der Waals surface area contributed by atoms with Crippen molar-refractivity contribution in [3.8, 4) is 0 Å². The van der Waals surface area contributed by atoms with E-state index in [2.05, 4.69) is 27.6 Å². The first kappa shape index (κ1) is 19.1. The number of thiophene rings is 1. The first-order chi connectivity index (χ1) is 13.5. The summed E-state index contributed by atoms with van der Waals surface area (Å²) in [7, 11) is 2.05. The molecule has 4 rings (SSSR count). The number of rotatable bonds is 4. The van der Waals surface area contributed by atoms with Crippen molar-refractivity contribution in [2.45, 2.75) is 38.8 Å². The Morgan fingerprint density at radius 2 is 2.21 bits per heavy atom. The van der Waals surface area contributed by atoms with Gasteiger partial charge >= 0.3 is 0 Å². The Balaban J connectivity index is 1.58. The molecule has 0 unspecified atom stereocenters. The highest BCUT2D eigenvalue weighted by Crippen LogP contribution is 2.43. The van der Waals surface area contributed by atoms with E-state index in [1.807, 2.05) is 22.4 Å². The molecule has 2 saturated heterocycles. The molecule has 0 spiro atoms. The second-order valence-corrected chi connectivity index (χ2v) is 8.69. The third-order valence-corrected chi connectivity index (χ3v) is 6.93. The largest absolute Gasteiger partial charge is 0.350 e. The molecule has 2 aliphatic rings. The molecule has 2 amide bonds. The Hall–Kier alpha value is -2.26. The zero-order valence-electron chi connectivity index (χ0n) is 16.2. The minimum Gasteiger partial charge on any atom is -0.350 e. The van der Waals surface area contributed by atoms with E-state index in [1.165, 1.54) is 11.3 Å². The summed E-state index contributed by atoms with van der Waals surface area (Å²) in [5.74, 6) is 0.0281. The number of fused-ring (bicyclic) bond motifs is 1. The molecule has 150 valence electrons. The summed E-state index contributed by atoms with van der Waals surface area (Å²) < 4.78 is 4.72. The molecule has 0 bridgehead atoms. The minimum absolute atomic E-state index is 0.00307. The molecule has 1 N–H and O–H groups in total. The summed E-state index contributed by atoms with van der Waals surface area (Å²) in [6, 6.07) is 3.62. The van der Waals surface area contributed by atoms with Gasteiger partial charge < -0.3 is 15.1 Å². The van der Waals surface area contributed by atoms with Crippen LogP contribution in [-0.2, 0) is 11.3 Å². The predicted molar refractivity (Wildman–Crippen MR) is 104 cm³/mol. The molecule has 2 aromatic heterocycles. The van der Waals surface area contributed by atoms with E-state index in [-0.39, 0.29) is 24.4 Å². The number of hydrogen-bond donors (Lipinski definition) is 1. The van der Waals surface area contributed by atoms with Gasteiger partial charge in [0.05, 0.1) is 22.9 Å². The van der Waals surface area contributed by atoms with Crippen molar-refractivity contribution in [3.63, 3.8) is 0 Å². The van der Waals surface area contributed by atoms with E-state index in [1.54, 1.807) is 6.92 Å². The molecule has 2 aromatic rings. The van der Waals surface area contributed by atoms with Crippen LogP contribution >= 0.6 is 11.3 Å². The van der Waals surface area contributed by atoms with Gasteiger partial charge in [0.1, 0.15) is 11.4 Å². The fourth-order valence-electron chi connectivity index (χ4n) is 4.44. The normalized spacial score (nSPS) is 25.4. The van der Waals surface area contributed by atoms with Gasteiger partial charge in [-0.1, -0.05) is 16.4 Å². The van der Waals surface area contributed by atoms with Crippen molar-refractivity contribution in [1.29, 1.82) is 0 Å². The van der Waals surface area contributed by atoms with Gasteiger partial charge in [-0.2, -0.15) is 0 Å². The maximum Gasteiger partial charge on any atom is 0.264 e. The average molecular weight is 404 g/mol. The van der Waals surface area contributed by atoms with E-state index < -0.39 is 5.41 Å². The first-order valence-corrected chi connectivity index (χ1v) is 10.5. The van der Waals surface area contributed by atoms with Crippen LogP contribution in [-0.4, -0.2) is 64.7 Å². The van der Waals surface area contributed by atoms with Crippen LogP contribution in [0.5, 0.6) is 0 Å². The summed E-state index contributed by atoms with van der Waals surface area (Å²) >= 11 is 1.45. The van der Waals surface area contributed by atoms with Crippen molar-refractivity contribution >= 4 is 23.2 Å². The summed E-state index contributed by atoms with van der Waals surface area (Å²) in [6.07, 6.45) is 2.36. The van der Waals surface area contributed by atoms with Gasteiger partial charge in [-0.15, -0.1) is 11.3 Å². The molecular weight excluding hydrogens is 378 g/mol. The fraction of sp³-hybridized carbons (Fsp3) is 0.579. The van der Waals surface area contributed by atoms with E-state index in [4.69, 9.17) is 4.63 Å². The Kier molecular flexibility index (Phi) is 5.20. The van der Waals surface area contributed by atoms with Gasteiger partial charge in [0, 0.05) is 13.1 Å². The summed E-state index contributed by atoms with van der Waals surface area (Å²) in [5.41, 5.74) is 0.746. The molecular formula is C19H25N5O3S. The van der Waals surface area contributed by atoms with Crippen LogP contribution in [0.15, 0.2) is 22.1 Å². The SMILES string of the molecule is Cc1nonc1CNC(=O)[C@@]12CCCN(C(=O)c3cccs3)[C@H]1CN(C)CC2. The van der Waals surface area contributed by atoms with E-state index in [9.17, 15) is 9.59 Å². The molecule has 2 aliphatic heterocycles. The van der Waals surface area contributed by atoms with Crippen LogP contribution < -0.4 is 5.32 Å². The molecule has 0 aromatic carbocycles. The highest BCUT2D eigenvalue weighted by Gasteiger charge is 2.53. The molecule has 0 radical (unpaired) electrons. The predicted octanol–water partition coefficient (Wildman–Crippen LogP) is 1.68. The summed E-state index contributed by atoms with van der Waals surface area (Å²) in [4.78, 5) is 31.4. The monoisotopic (exact) mass is 403 g/mol. The highest BCUT2D eigenvalue weighted by molar-refractivity contribution is 7.12. The number of likely N-dealkylation sites (N-methyl/N-ethyl adjacent to an activating group) is 1. The minimum atomic E-state index is -0.567. The molecule has 9 heteroatoms. The van der Waals surface area contributed by atoms with Crippen molar-refractivity contribution in [2.24, 2.45) is 5.41 Å². The third kappa shape index (κ3) is 3.33. The van der Waals surface area contributed by atoms with E-state index in [0.29, 0.717) is 24.5 Å². The van der Waals surface area contributed by atoms with Crippen LogP contribution in [0.25, 0.3) is 0 Å². The molecule has 4 heterocycles. The lowest BCUT2D eigenvalue weighted by Crippen LogP contribution is -2.66.